The number of amides is 1. The number of carbonyl (C=O) groups excluding carboxylic acids is 1. The molecular formula is C16H31N3O. The predicted molar refractivity (Wildman–Crippen MR) is 82.7 cm³/mol. The Bertz CT molecular complexity index is 321. The van der Waals surface area contributed by atoms with Gasteiger partial charge in [-0.3, -0.25) is 9.69 Å². The summed E-state index contributed by atoms with van der Waals surface area (Å²) in [6.07, 6.45) is 2.33. The lowest BCUT2D eigenvalue weighted by Crippen LogP contribution is -2.50. The Balaban J connectivity index is 1.75. The number of piperidine rings is 1. The largest absolute Gasteiger partial charge is 0.342 e. The van der Waals surface area contributed by atoms with Crippen LogP contribution in [0.3, 0.4) is 0 Å². The van der Waals surface area contributed by atoms with Crippen LogP contribution in [0.15, 0.2) is 0 Å². The number of nitrogens with zero attached hydrogens (tertiary/aromatic N) is 3. The highest BCUT2D eigenvalue weighted by molar-refractivity contribution is 5.78. The van der Waals surface area contributed by atoms with E-state index < -0.39 is 0 Å². The summed E-state index contributed by atoms with van der Waals surface area (Å²) in [5.41, 5.74) is 0.382. The molecule has 20 heavy (non-hydrogen) atoms. The summed E-state index contributed by atoms with van der Waals surface area (Å²) in [4.78, 5) is 19.1. The Labute approximate surface area is 124 Å². The molecule has 0 aromatic rings. The molecule has 1 amide bonds. The highest BCUT2D eigenvalue weighted by Crippen LogP contribution is 2.34. The van der Waals surface area contributed by atoms with Crippen molar-refractivity contribution in [2.45, 2.75) is 33.6 Å². The summed E-state index contributed by atoms with van der Waals surface area (Å²) in [6.45, 7) is 13.7. The van der Waals surface area contributed by atoms with E-state index in [1.54, 1.807) is 0 Å². The number of hydrogen-bond acceptors (Lipinski definition) is 3. The molecule has 0 saturated carbocycles. The highest BCUT2D eigenvalue weighted by atomic mass is 16.2. The molecule has 0 radical (unpaired) electrons. The maximum atomic E-state index is 12.4. The summed E-state index contributed by atoms with van der Waals surface area (Å²) in [7, 11) is 2.15. The molecule has 0 unspecified atom stereocenters. The van der Waals surface area contributed by atoms with Crippen LogP contribution in [0.4, 0.5) is 0 Å². The normalized spacial score (nSPS) is 24.1. The summed E-state index contributed by atoms with van der Waals surface area (Å²) < 4.78 is 0. The van der Waals surface area contributed by atoms with Crippen molar-refractivity contribution >= 4 is 5.91 Å². The van der Waals surface area contributed by atoms with Crippen molar-refractivity contribution in [2.24, 2.45) is 11.3 Å². The topological polar surface area (TPSA) is 26.8 Å². The molecule has 0 aliphatic carbocycles. The molecule has 2 rings (SSSR count). The molecule has 0 aromatic carbocycles. The van der Waals surface area contributed by atoms with E-state index in [2.05, 4.69) is 42.5 Å². The van der Waals surface area contributed by atoms with Crippen molar-refractivity contribution in [1.29, 1.82) is 0 Å². The monoisotopic (exact) mass is 281 g/mol. The lowest BCUT2D eigenvalue weighted by Gasteiger charge is -2.40. The van der Waals surface area contributed by atoms with Gasteiger partial charge in [0.1, 0.15) is 0 Å². The summed E-state index contributed by atoms with van der Waals surface area (Å²) >= 11 is 0. The minimum atomic E-state index is 0.335. The van der Waals surface area contributed by atoms with Crippen LogP contribution in [-0.2, 0) is 4.79 Å². The molecule has 2 heterocycles. The van der Waals surface area contributed by atoms with E-state index >= 15 is 0 Å². The molecule has 2 saturated heterocycles. The minimum Gasteiger partial charge on any atom is -0.342 e. The third-order valence-corrected chi connectivity index (χ3v) is 5.03. The molecule has 2 aliphatic heterocycles. The van der Waals surface area contributed by atoms with Crippen LogP contribution in [0.1, 0.15) is 33.6 Å². The second kappa shape index (κ2) is 6.44. The zero-order chi connectivity index (χ0) is 14.8. The maximum absolute atomic E-state index is 12.4. The first-order valence-corrected chi connectivity index (χ1v) is 8.05. The first kappa shape index (κ1) is 15.8. The Morgan fingerprint density at radius 1 is 1.00 bits per heavy atom. The molecule has 0 bridgehead atoms. The van der Waals surface area contributed by atoms with Crippen LogP contribution in [0.5, 0.6) is 0 Å². The third-order valence-electron chi connectivity index (χ3n) is 5.03. The Morgan fingerprint density at radius 3 is 2.05 bits per heavy atom. The standard InChI is InChI=1S/C16H31N3O/c1-16(2,3)14-5-7-19(8-6-14)15(20)13-18-11-9-17(4)10-12-18/h14H,5-13H2,1-4H3. The number of hydrogen-bond donors (Lipinski definition) is 0. The van der Waals surface area contributed by atoms with Gasteiger partial charge in [-0.05, 0) is 31.2 Å². The second-order valence-corrected chi connectivity index (χ2v) is 7.60. The van der Waals surface area contributed by atoms with Crippen LogP contribution in [0.25, 0.3) is 0 Å². The predicted octanol–water partition coefficient (Wildman–Crippen LogP) is 1.52. The zero-order valence-corrected chi connectivity index (χ0v) is 13.7. The van der Waals surface area contributed by atoms with Gasteiger partial charge in [0.05, 0.1) is 6.54 Å². The lowest BCUT2D eigenvalue weighted by molar-refractivity contribution is -0.134. The van der Waals surface area contributed by atoms with Crippen LogP contribution in [0.2, 0.25) is 0 Å². The third kappa shape index (κ3) is 4.19. The second-order valence-electron chi connectivity index (χ2n) is 7.60. The number of carbonyl (C=O) groups is 1. The first-order valence-electron chi connectivity index (χ1n) is 8.05. The fraction of sp³-hybridized carbons (Fsp3) is 0.938. The average molecular weight is 281 g/mol. The van der Waals surface area contributed by atoms with Gasteiger partial charge in [-0.2, -0.15) is 0 Å². The van der Waals surface area contributed by atoms with E-state index in [1.807, 2.05) is 0 Å². The van der Waals surface area contributed by atoms with Gasteiger partial charge in [-0.25, -0.2) is 0 Å². The smallest absolute Gasteiger partial charge is 0.236 e. The van der Waals surface area contributed by atoms with E-state index in [0.29, 0.717) is 17.9 Å². The van der Waals surface area contributed by atoms with Crippen molar-refractivity contribution in [3.05, 3.63) is 0 Å². The van der Waals surface area contributed by atoms with Gasteiger partial charge < -0.3 is 9.80 Å². The maximum Gasteiger partial charge on any atom is 0.236 e. The molecule has 4 heteroatoms. The molecule has 2 fully saturated rings. The molecule has 0 N–H and O–H groups in total. The molecule has 0 spiro atoms. The Morgan fingerprint density at radius 2 is 1.55 bits per heavy atom. The van der Waals surface area contributed by atoms with E-state index in [9.17, 15) is 4.79 Å². The average Bonchev–Trinajstić information content (AvgIpc) is 2.40. The Hall–Kier alpha value is -0.610. The fourth-order valence-electron chi connectivity index (χ4n) is 3.29. The van der Waals surface area contributed by atoms with E-state index in [-0.39, 0.29) is 0 Å². The van der Waals surface area contributed by atoms with Crippen molar-refractivity contribution in [3.8, 4) is 0 Å². The van der Waals surface area contributed by atoms with Crippen LogP contribution < -0.4 is 0 Å². The van der Waals surface area contributed by atoms with E-state index in [4.69, 9.17) is 0 Å². The van der Waals surface area contributed by atoms with Gasteiger partial charge >= 0.3 is 0 Å². The molecule has 0 atom stereocenters. The van der Waals surface area contributed by atoms with Crippen molar-refractivity contribution in [1.82, 2.24) is 14.7 Å². The molecule has 2 aliphatic rings. The molecule has 0 aromatic heterocycles. The van der Waals surface area contributed by atoms with Crippen LogP contribution in [-0.4, -0.2) is 73.5 Å². The quantitative estimate of drug-likeness (QED) is 0.768. The zero-order valence-electron chi connectivity index (χ0n) is 13.7. The minimum absolute atomic E-state index is 0.335. The SMILES string of the molecule is CN1CCN(CC(=O)N2CCC(C(C)(C)C)CC2)CC1. The molecule has 4 nitrogen and oxygen atoms in total. The van der Waals surface area contributed by atoms with E-state index in [0.717, 1.165) is 58.0 Å². The summed E-state index contributed by atoms with van der Waals surface area (Å²) in [5, 5.41) is 0. The van der Waals surface area contributed by atoms with Crippen molar-refractivity contribution in [3.63, 3.8) is 0 Å². The molecular weight excluding hydrogens is 250 g/mol. The number of likely N-dealkylation sites (tertiary alicyclic amines) is 1. The van der Waals surface area contributed by atoms with Gasteiger partial charge in [0.15, 0.2) is 0 Å². The van der Waals surface area contributed by atoms with Gasteiger partial charge in [0.25, 0.3) is 0 Å². The number of piperazine rings is 1. The van der Waals surface area contributed by atoms with Gasteiger partial charge in [0, 0.05) is 39.3 Å². The van der Waals surface area contributed by atoms with Crippen LogP contribution in [0, 0.1) is 11.3 Å². The van der Waals surface area contributed by atoms with Gasteiger partial charge in [-0.1, -0.05) is 20.8 Å². The van der Waals surface area contributed by atoms with Crippen molar-refractivity contribution in [2.75, 3.05) is 52.9 Å². The fourth-order valence-corrected chi connectivity index (χ4v) is 3.29. The first-order chi connectivity index (χ1) is 9.36. The highest BCUT2D eigenvalue weighted by Gasteiger charge is 2.30. The van der Waals surface area contributed by atoms with Crippen molar-refractivity contribution < 1.29 is 4.79 Å². The van der Waals surface area contributed by atoms with Gasteiger partial charge in [0.2, 0.25) is 5.91 Å². The summed E-state index contributed by atoms with van der Waals surface area (Å²) in [6, 6.07) is 0. The van der Waals surface area contributed by atoms with Crippen LogP contribution >= 0.6 is 0 Å². The van der Waals surface area contributed by atoms with E-state index in [1.165, 1.54) is 0 Å². The summed E-state index contributed by atoms with van der Waals surface area (Å²) in [5.74, 6) is 1.09. The number of likely N-dealkylation sites (N-methyl/N-ethyl adjacent to an activating group) is 1. The Kier molecular flexibility index (Phi) is 5.08. The number of rotatable bonds is 2. The molecule has 116 valence electrons. The lowest BCUT2D eigenvalue weighted by atomic mass is 9.75. The van der Waals surface area contributed by atoms with Gasteiger partial charge in [-0.15, -0.1) is 0 Å².